The quantitative estimate of drug-likeness (QED) is 0.554. The Balaban J connectivity index is 1.40. The minimum atomic E-state index is 0.350. The molecule has 1 fully saturated rings. The van der Waals surface area contributed by atoms with E-state index in [0.717, 1.165) is 54.0 Å². The van der Waals surface area contributed by atoms with Crippen LogP contribution in [0, 0.1) is 6.92 Å². The van der Waals surface area contributed by atoms with Crippen molar-refractivity contribution in [1.82, 2.24) is 34.6 Å². The zero-order valence-electron chi connectivity index (χ0n) is 14.4. The molecule has 0 bridgehead atoms. The second-order valence-electron chi connectivity index (χ2n) is 6.50. The summed E-state index contributed by atoms with van der Waals surface area (Å²) in [6.07, 6.45) is 5.67. The first-order valence-electron chi connectivity index (χ1n) is 8.67. The van der Waals surface area contributed by atoms with Crippen LogP contribution in [-0.4, -0.2) is 47.7 Å². The highest BCUT2D eigenvalue weighted by Crippen LogP contribution is 2.31. The molecule has 9 heteroatoms. The lowest BCUT2D eigenvalue weighted by Crippen LogP contribution is -2.33. The van der Waals surface area contributed by atoms with Crippen molar-refractivity contribution in [2.24, 2.45) is 0 Å². The zero-order chi connectivity index (χ0) is 17.5. The van der Waals surface area contributed by atoms with Crippen LogP contribution >= 0.6 is 11.3 Å². The van der Waals surface area contributed by atoms with Gasteiger partial charge in [-0.3, -0.25) is 0 Å². The van der Waals surface area contributed by atoms with Crippen molar-refractivity contribution in [3.05, 3.63) is 47.5 Å². The third kappa shape index (κ3) is 2.64. The first-order valence-corrected chi connectivity index (χ1v) is 9.55. The van der Waals surface area contributed by atoms with Crippen molar-refractivity contribution in [2.75, 3.05) is 18.0 Å². The Hall–Kier alpha value is -2.81. The summed E-state index contributed by atoms with van der Waals surface area (Å²) in [5.74, 6) is 2.05. The summed E-state index contributed by atoms with van der Waals surface area (Å²) in [5, 5.41) is 20.9. The molecule has 0 amide bonds. The molecule has 0 aromatic carbocycles. The molecule has 5 rings (SSSR count). The van der Waals surface area contributed by atoms with E-state index in [1.54, 1.807) is 22.2 Å². The van der Waals surface area contributed by atoms with Crippen LogP contribution in [0.2, 0.25) is 0 Å². The van der Waals surface area contributed by atoms with Gasteiger partial charge < -0.3 is 4.90 Å². The Morgan fingerprint density at radius 2 is 2.04 bits per heavy atom. The lowest BCUT2D eigenvalue weighted by atomic mass is 9.96. The summed E-state index contributed by atoms with van der Waals surface area (Å²) in [4.78, 5) is 6.96. The average molecular weight is 366 g/mol. The number of piperidine rings is 1. The fourth-order valence-corrected chi connectivity index (χ4v) is 4.25. The monoisotopic (exact) mass is 366 g/mol. The SMILES string of the molecule is Cc1csc(N2CCC(c3nnc4ccc(-n5cccn5)nn34)CC2)n1. The predicted molar refractivity (Wildman–Crippen MR) is 98.9 cm³/mol. The standard InChI is InChI=1S/C17H18N8S/c1-12-11-26-17(19-12)23-9-5-13(6-10-23)16-21-20-14-3-4-15(22-25(14)16)24-8-2-7-18-24/h2-4,7-8,11,13H,5-6,9-10H2,1H3. The van der Waals surface area contributed by atoms with Gasteiger partial charge in [0.15, 0.2) is 22.4 Å². The van der Waals surface area contributed by atoms with E-state index in [9.17, 15) is 0 Å². The maximum atomic E-state index is 4.70. The highest BCUT2D eigenvalue weighted by molar-refractivity contribution is 7.13. The van der Waals surface area contributed by atoms with E-state index in [1.807, 2.05) is 35.8 Å². The molecule has 0 N–H and O–H groups in total. The van der Waals surface area contributed by atoms with E-state index < -0.39 is 0 Å². The summed E-state index contributed by atoms with van der Waals surface area (Å²) < 4.78 is 3.61. The number of fused-ring (bicyclic) bond motifs is 1. The molecule has 0 radical (unpaired) electrons. The van der Waals surface area contributed by atoms with Gasteiger partial charge in [-0.1, -0.05) is 0 Å². The average Bonchev–Trinajstić information content (AvgIpc) is 3.42. The number of hydrogen-bond acceptors (Lipinski definition) is 7. The third-order valence-corrected chi connectivity index (χ3v) is 5.77. The third-order valence-electron chi connectivity index (χ3n) is 4.75. The summed E-state index contributed by atoms with van der Waals surface area (Å²) in [6.45, 7) is 3.99. The highest BCUT2D eigenvalue weighted by Gasteiger charge is 2.26. The summed E-state index contributed by atoms with van der Waals surface area (Å²) in [7, 11) is 0. The number of hydrogen-bond donors (Lipinski definition) is 0. The minimum Gasteiger partial charge on any atom is -0.348 e. The second kappa shape index (κ2) is 6.17. The maximum Gasteiger partial charge on any atom is 0.185 e. The van der Waals surface area contributed by atoms with Crippen molar-refractivity contribution in [3.63, 3.8) is 0 Å². The van der Waals surface area contributed by atoms with Crippen LogP contribution in [0.4, 0.5) is 5.13 Å². The fourth-order valence-electron chi connectivity index (χ4n) is 3.39. The lowest BCUT2D eigenvalue weighted by Gasteiger charge is -2.30. The van der Waals surface area contributed by atoms with E-state index in [2.05, 4.69) is 30.6 Å². The molecule has 4 aromatic heterocycles. The van der Waals surface area contributed by atoms with Gasteiger partial charge in [0.1, 0.15) is 0 Å². The number of thiazole rings is 1. The number of anilines is 1. The van der Waals surface area contributed by atoms with Gasteiger partial charge in [0.2, 0.25) is 0 Å². The number of aromatic nitrogens is 7. The van der Waals surface area contributed by atoms with Crippen molar-refractivity contribution < 1.29 is 0 Å². The van der Waals surface area contributed by atoms with Gasteiger partial charge in [-0.2, -0.15) is 9.61 Å². The van der Waals surface area contributed by atoms with E-state index >= 15 is 0 Å². The smallest absolute Gasteiger partial charge is 0.185 e. The van der Waals surface area contributed by atoms with Gasteiger partial charge in [-0.25, -0.2) is 9.67 Å². The summed E-state index contributed by atoms with van der Waals surface area (Å²) in [6, 6.07) is 5.73. The van der Waals surface area contributed by atoms with E-state index in [4.69, 9.17) is 5.10 Å². The van der Waals surface area contributed by atoms with Crippen LogP contribution in [0.15, 0.2) is 36.0 Å². The number of nitrogens with zero attached hydrogens (tertiary/aromatic N) is 8. The van der Waals surface area contributed by atoms with E-state index in [-0.39, 0.29) is 0 Å². The molecule has 4 aromatic rings. The largest absolute Gasteiger partial charge is 0.348 e. The van der Waals surface area contributed by atoms with Gasteiger partial charge in [-0.05, 0) is 38.0 Å². The molecular formula is C17H18N8S. The molecule has 1 saturated heterocycles. The molecule has 132 valence electrons. The topological polar surface area (TPSA) is 77.0 Å². The number of aryl methyl sites for hydroxylation is 1. The Morgan fingerprint density at radius 3 is 2.77 bits per heavy atom. The molecule has 0 spiro atoms. The van der Waals surface area contributed by atoms with Crippen LogP contribution in [0.1, 0.15) is 30.3 Å². The van der Waals surface area contributed by atoms with Gasteiger partial charge in [0.05, 0.1) is 5.69 Å². The van der Waals surface area contributed by atoms with Gasteiger partial charge in [-0.15, -0.1) is 26.6 Å². The van der Waals surface area contributed by atoms with Gasteiger partial charge >= 0.3 is 0 Å². The lowest BCUT2D eigenvalue weighted by molar-refractivity contribution is 0.476. The van der Waals surface area contributed by atoms with E-state index in [0.29, 0.717) is 5.92 Å². The van der Waals surface area contributed by atoms with Crippen LogP contribution in [0.5, 0.6) is 0 Å². The molecule has 26 heavy (non-hydrogen) atoms. The zero-order valence-corrected chi connectivity index (χ0v) is 15.2. The first-order chi connectivity index (χ1) is 12.8. The normalized spacial score (nSPS) is 15.8. The van der Waals surface area contributed by atoms with Crippen LogP contribution in [-0.2, 0) is 0 Å². The molecule has 8 nitrogen and oxygen atoms in total. The van der Waals surface area contributed by atoms with Gasteiger partial charge in [0, 0.05) is 36.8 Å². The van der Waals surface area contributed by atoms with Crippen LogP contribution in [0.25, 0.3) is 11.5 Å². The molecule has 0 atom stereocenters. The Bertz CT molecular complexity index is 1030. The van der Waals surface area contributed by atoms with Crippen molar-refractivity contribution >= 4 is 22.1 Å². The molecule has 1 aliphatic rings. The molecule has 5 heterocycles. The fraction of sp³-hybridized carbons (Fsp3) is 0.353. The second-order valence-corrected chi connectivity index (χ2v) is 7.34. The van der Waals surface area contributed by atoms with Crippen molar-refractivity contribution in [1.29, 1.82) is 0 Å². The van der Waals surface area contributed by atoms with Crippen LogP contribution < -0.4 is 4.90 Å². The predicted octanol–water partition coefficient (Wildman–Crippen LogP) is 2.46. The Kier molecular flexibility index (Phi) is 3.66. The number of rotatable bonds is 3. The Morgan fingerprint density at radius 1 is 1.15 bits per heavy atom. The highest BCUT2D eigenvalue weighted by atomic mass is 32.1. The molecule has 0 aliphatic carbocycles. The first kappa shape index (κ1) is 15.4. The maximum absolute atomic E-state index is 4.70. The Labute approximate surface area is 154 Å². The summed E-state index contributed by atoms with van der Waals surface area (Å²) in [5.41, 5.74) is 1.86. The van der Waals surface area contributed by atoms with E-state index in [1.165, 1.54) is 0 Å². The van der Waals surface area contributed by atoms with Crippen LogP contribution in [0.3, 0.4) is 0 Å². The van der Waals surface area contributed by atoms with Gasteiger partial charge in [0.25, 0.3) is 0 Å². The molecule has 0 unspecified atom stereocenters. The summed E-state index contributed by atoms with van der Waals surface area (Å²) >= 11 is 1.72. The minimum absolute atomic E-state index is 0.350. The molecule has 0 saturated carbocycles. The molecular weight excluding hydrogens is 348 g/mol. The van der Waals surface area contributed by atoms with Crippen molar-refractivity contribution in [2.45, 2.75) is 25.7 Å². The van der Waals surface area contributed by atoms with Crippen molar-refractivity contribution in [3.8, 4) is 5.82 Å². The molecule has 1 aliphatic heterocycles.